The number of urea groups is 1. The number of fused-ring (bicyclic) bond motifs is 1. The Balaban J connectivity index is 1.57. The Morgan fingerprint density at radius 2 is 2.13 bits per heavy atom. The number of alkyl halides is 5. The summed E-state index contributed by atoms with van der Waals surface area (Å²) in [6.07, 6.45) is -3.56. The average Bonchev–Trinajstić information content (AvgIpc) is 3.34. The van der Waals surface area contributed by atoms with Gasteiger partial charge in [-0.1, -0.05) is 18.2 Å². The van der Waals surface area contributed by atoms with Crippen molar-refractivity contribution in [2.75, 3.05) is 20.3 Å². The topological polar surface area (TPSA) is 81.0 Å². The van der Waals surface area contributed by atoms with Gasteiger partial charge in [-0.2, -0.15) is 13.2 Å². The van der Waals surface area contributed by atoms with E-state index in [1.54, 1.807) is 61.1 Å². The van der Waals surface area contributed by atoms with E-state index >= 15 is 0 Å². The fourth-order valence-electron chi connectivity index (χ4n) is 4.54. The van der Waals surface area contributed by atoms with Crippen molar-refractivity contribution in [2.45, 2.75) is 57.0 Å². The number of carbonyl (C=O) groups is 1. The van der Waals surface area contributed by atoms with Gasteiger partial charge in [-0.25, -0.2) is 23.5 Å². The normalized spacial score (nSPS) is 19.1. The molecule has 13 heteroatoms. The molecule has 1 aliphatic heterocycles. The molecule has 0 radical (unpaired) electrons. The number of carbonyl (C=O) groups excluding carboxylic acids is 1. The van der Waals surface area contributed by atoms with Crippen LogP contribution in [-0.2, 0) is 4.74 Å². The summed E-state index contributed by atoms with van der Waals surface area (Å²) in [7, 11) is 1.48. The van der Waals surface area contributed by atoms with Crippen LogP contribution in [0.1, 0.15) is 38.3 Å². The lowest BCUT2D eigenvalue weighted by Gasteiger charge is -2.37. The molecule has 8 nitrogen and oxygen atoms in total. The van der Waals surface area contributed by atoms with E-state index in [-0.39, 0.29) is 6.54 Å². The van der Waals surface area contributed by atoms with Gasteiger partial charge in [0.1, 0.15) is 0 Å². The van der Waals surface area contributed by atoms with E-state index in [0.29, 0.717) is 28.3 Å². The number of hydrogen-bond acceptors (Lipinski definition) is 5. The minimum Gasteiger partial charge on any atom is -0.478 e. The number of nitrogens with one attached hydrogen (secondary N) is 1. The molecule has 3 aromatic rings. The summed E-state index contributed by atoms with van der Waals surface area (Å²) < 4.78 is 81.2. The van der Waals surface area contributed by atoms with Crippen molar-refractivity contribution >= 4 is 11.7 Å². The summed E-state index contributed by atoms with van der Waals surface area (Å²) in [6.45, 7) is 2.83. The number of nitrogens with zero attached hydrogens (tertiary/aromatic N) is 4. The summed E-state index contributed by atoms with van der Waals surface area (Å²) in [4.78, 5) is 22.9. The highest BCUT2D eigenvalue weighted by Gasteiger charge is 2.51. The van der Waals surface area contributed by atoms with Crippen LogP contribution in [0.3, 0.4) is 0 Å². The second-order valence-corrected chi connectivity index (χ2v) is 9.07. The standard InChI is InChI=1S/C25H28F5N5O3/c1-4-35(23(36)33-20(25(28,29)30)19-13-24(26,27)8-11-38-19)15(2)16-6-5-7-17(12-16)18-14-34-10-9-31-21(34)22(32-18)37-3/h5-7,9-10,12,14-15,19-20H,4,8,11,13H2,1-3H3,(H,33,36). The Morgan fingerprint density at radius 1 is 1.37 bits per heavy atom. The Morgan fingerprint density at radius 3 is 2.79 bits per heavy atom. The van der Waals surface area contributed by atoms with Gasteiger partial charge in [0.05, 0.1) is 31.6 Å². The molecule has 1 N–H and O–H groups in total. The summed E-state index contributed by atoms with van der Waals surface area (Å²) in [5.74, 6) is -2.99. The number of benzene rings is 1. The SMILES string of the molecule is CCN(C(=O)NC(C1CC(F)(F)CCO1)C(F)(F)F)C(C)c1cccc(-c2cn3ccnc3c(OC)n2)c1. The third-order valence-electron chi connectivity index (χ3n) is 6.57. The maximum absolute atomic E-state index is 13.8. The molecule has 0 spiro atoms. The summed E-state index contributed by atoms with van der Waals surface area (Å²) in [6, 6.07) is 2.80. The molecule has 3 heterocycles. The fraction of sp³-hybridized carbons (Fsp3) is 0.480. The summed E-state index contributed by atoms with van der Waals surface area (Å²) in [5, 5.41) is 1.91. The lowest BCUT2D eigenvalue weighted by molar-refractivity contribution is -0.209. The first-order valence-electron chi connectivity index (χ1n) is 12.0. The molecule has 1 fully saturated rings. The molecule has 4 rings (SSSR count). The number of ether oxygens (including phenoxy) is 2. The molecule has 206 valence electrons. The van der Waals surface area contributed by atoms with E-state index in [1.165, 1.54) is 12.0 Å². The van der Waals surface area contributed by atoms with E-state index < -0.39 is 55.8 Å². The molecule has 2 amide bonds. The molecular formula is C25H28F5N5O3. The van der Waals surface area contributed by atoms with E-state index in [1.807, 2.05) is 5.32 Å². The highest BCUT2D eigenvalue weighted by atomic mass is 19.4. The number of halogens is 5. The molecule has 2 aromatic heterocycles. The number of hydrogen-bond donors (Lipinski definition) is 1. The van der Waals surface area contributed by atoms with Gasteiger partial charge in [0.2, 0.25) is 0 Å². The van der Waals surface area contributed by atoms with E-state index in [0.717, 1.165) is 0 Å². The first-order chi connectivity index (χ1) is 17.9. The lowest BCUT2D eigenvalue weighted by atomic mass is 9.98. The van der Waals surface area contributed by atoms with Crippen molar-refractivity contribution in [3.8, 4) is 17.1 Å². The maximum Gasteiger partial charge on any atom is 0.411 e. The van der Waals surface area contributed by atoms with Gasteiger partial charge in [0, 0.05) is 43.5 Å². The fourth-order valence-corrected chi connectivity index (χ4v) is 4.54. The third kappa shape index (κ3) is 5.82. The van der Waals surface area contributed by atoms with Crippen molar-refractivity contribution in [3.63, 3.8) is 0 Å². The Bertz CT molecular complexity index is 1280. The molecule has 0 saturated carbocycles. The zero-order chi connectivity index (χ0) is 27.7. The highest BCUT2D eigenvalue weighted by molar-refractivity contribution is 5.75. The van der Waals surface area contributed by atoms with Gasteiger partial charge < -0.3 is 24.1 Å². The van der Waals surface area contributed by atoms with Crippen molar-refractivity contribution in [3.05, 3.63) is 48.4 Å². The predicted octanol–water partition coefficient (Wildman–Crippen LogP) is 5.24. The summed E-state index contributed by atoms with van der Waals surface area (Å²) >= 11 is 0. The molecule has 3 unspecified atom stereocenters. The van der Waals surface area contributed by atoms with Crippen LogP contribution in [0.25, 0.3) is 16.9 Å². The van der Waals surface area contributed by atoms with Gasteiger partial charge in [-0.15, -0.1) is 0 Å². The molecule has 38 heavy (non-hydrogen) atoms. The monoisotopic (exact) mass is 541 g/mol. The number of rotatable bonds is 7. The molecule has 1 aromatic carbocycles. The van der Waals surface area contributed by atoms with Crippen LogP contribution < -0.4 is 10.1 Å². The van der Waals surface area contributed by atoms with E-state index in [9.17, 15) is 26.7 Å². The smallest absolute Gasteiger partial charge is 0.411 e. The largest absolute Gasteiger partial charge is 0.478 e. The Hall–Kier alpha value is -3.48. The molecule has 0 aliphatic carbocycles. The molecular weight excluding hydrogens is 513 g/mol. The minimum absolute atomic E-state index is 0.0660. The molecule has 0 bridgehead atoms. The van der Waals surface area contributed by atoms with Crippen LogP contribution in [0.4, 0.5) is 26.7 Å². The van der Waals surface area contributed by atoms with Crippen molar-refractivity contribution < 1.29 is 36.2 Å². The first-order valence-corrected chi connectivity index (χ1v) is 12.0. The molecule has 3 atom stereocenters. The van der Waals surface area contributed by atoms with Crippen LogP contribution in [-0.4, -0.2) is 69.8 Å². The molecule has 1 saturated heterocycles. The average molecular weight is 542 g/mol. The second-order valence-electron chi connectivity index (χ2n) is 9.07. The summed E-state index contributed by atoms with van der Waals surface area (Å²) in [5.41, 5.74) is 2.41. The van der Waals surface area contributed by atoms with E-state index in [2.05, 4.69) is 9.97 Å². The minimum atomic E-state index is -4.98. The van der Waals surface area contributed by atoms with Gasteiger partial charge in [-0.3, -0.25) is 0 Å². The quantitative estimate of drug-likeness (QED) is 0.414. The number of aromatic nitrogens is 3. The van der Waals surface area contributed by atoms with Crippen molar-refractivity contribution in [1.29, 1.82) is 0 Å². The third-order valence-corrected chi connectivity index (χ3v) is 6.57. The lowest BCUT2D eigenvalue weighted by Crippen LogP contribution is -2.59. The van der Waals surface area contributed by atoms with Gasteiger partial charge >= 0.3 is 12.2 Å². The van der Waals surface area contributed by atoms with Gasteiger partial charge in [0.15, 0.2) is 11.7 Å². The number of methoxy groups -OCH3 is 1. The zero-order valence-corrected chi connectivity index (χ0v) is 21.0. The second kappa shape index (κ2) is 10.7. The van der Waals surface area contributed by atoms with Gasteiger partial charge in [0.25, 0.3) is 11.8 Å². The number of imidazole rings is 1. The van der Waals surface area contributed by atoms with Crippen molar-refractivity contribution in [2.24, 2.45) is 0 Å². The van der Waals surface area contributed by atoms with Crippen LogP contribution in [0.2, 0.25) is 0 Å². The van der Waals surface area contributed by atoms with E-state index in [4.69, 9.17) is 9.47 Å². The highest BCUT2D eigenvalue weighted by Crippen LogP contribution is 2.36. The van der Waals surface area contributed by atoms with Crippen LogP contribution in [0, 0.1) is 0 Å². The zero-order valence-electron chi connectivity index (χ0n) is 21.0. The van der Waals surface area contributed by atoms with Crippen LogP contribution >= 0.6 is 0 Å². The van der Waals surface area contributed by atoms with Gasteiger partial charge in [-0.05, 0) is 25.5 Å². The first kappa shape index (κ1) is 27.6. The number of amides is 2. The van der Waals surface area contributed by atoms with Crippen molar-refractivity contribution in [1.82, 2.24) is 24.6 Å². The Labute approximate surface area is 215 Å². The Kier molecular flexibility index (Phi) is 7.77. The predicted molar refractivity (Wildman–Crippen MR) is 128 cm³/mol. The maximum atomic E-state index is 13.8. The van der Waals surface area contributed by atoms with Crippen LogP contribution in [0.5, 0.6) is 5.88 Å². The van der Waals surface area contributed by atoms with Crippen LogP contribution in [0.15, 0.2) is 42.9 Å². The molecule has 1 aliphatic rings.